The van der Waals surface area contributed by atoms with Gasteiger partial charge >= 0.3 is 0 Å². The fourth-order valence-electron chi connectivity index (χ4n) is 2.28. The van der Waals surface area contributed by atoms with Crippen LogP contribution in [-0.2, 0) is 10.2 Å². The molecule has 6 nitrogen and oxygen atoms in total. The van der Waals surface area contributed by atoms with E-state index in [1.54, 1.807) is 6.07 Å². The molecule has 21 heavy (non-hydrogen) atoms. The molecule has 0 aliphatic carbocycles. The van der Waals surface area contributed by atoms with Crippen LogP contribution in [0.25, 0.3) is 11.4 Å². The van der Waals surface area contributed by atoms with Gasteiger partial charge in [-0.05, 0) is 25.1 Å². The minimum atomic E-state index is -0.505. The minimum absolute atomic E-state index is 0.131. The van der Waals surface area contributed by atoms with Crippen LogP contribution in [0.5, 0.6) is 5.75 Å². The summed E-state index contributed by atoms with van der Waals surface area (Å²) < 4.78 is 29.1. The normalized spacial score (nSPS) is 25.2. The average Bonchev–Trinajstić information content (AvgIpc) is 3.09. The maximum Gasteiger partial charge on any atom is 0.236 e. The monoisotopic (exact) mass is 293 g/mol. The number of aromatic nitrogens is 2. The molecule has 0 amide bonds. The highest BCUT2D eigenvalue weighted by Gasteiger charge is 2.44. The first-order chi connectivity index (χ1) is 10.0. The molecular weight excluding hydrogens is 277 g/mol. The standard InChI is InChI=1S/C14H16FN3O3/c1-14(7-20-6-11(14)16)13-17-12(18-21-13)8-3-4-9(15)10(5-8)19-2/h3-5,11H,6-7,16H2,1-2H3. The molecule has 7 heteroatoms. The number of hydrogen-bond donors (Lipinski definition) is 1. The zero-order chi connectivity index (χ0) is 15.0. The molecule has 3 rings (SSSR count). The maximum absolute atomic E-state index is 13.4. The highest BCUT2D eigenvalue weighted by Crippen LogP contribution is 2.32. The molecule has 1 aromatic carbocycles. The number of rotatable bonds is 3. The quantitative estimate of drug-likeness (QED) is 0.923. The van der Waals surface area contributed by atoms with Crippen LogP contribution in [0.4, 0.5) is 4.39 Å². The van der Waals surface area contributed by atoms with E-state index in [1.807, 2.05) is 6.92 Å². The summed E-state index contributed by atoms with van der Waals surface area (Å²) in [5.74, 6) is 0.475. The molecule has 112 valence electrons. The Morgan fingerprint density at radius 1 is 1.48 bits per heavy atom. The second-order valence-corrected chi connectivity index (χ2v) is 5.31. The van der Waals surface area contributed by atoms with E-state index in [4.69, 9.17) is 19.7 Å². The van der Waals surface area contributed by atoms with E-state index >= 15 is 0 Å². The molecule has 2 atom stereocenters. The summed E-state index contributed by atoms with van der Waals surface area (Å²) in [4.78, 5) is 4.37. The summed E-state index contributed by atoms with van der Waals surface area (Å²) in [6.45, 7) is 2.81. The Balaban J connectivity index is 1.95. The van der Waals surface area contributed by atoms with Crippen LogP contribution >= 0.6 is 0 Å². The topological polar surface area (TPSA) is 83.4 Å². The van der Waals surface area contributed by atoms with Crippen LogP contribution in [-0.4, -0.2) is 36.5 Å². The van der Waals surface area contributed by atoms with Crippen molar-refractivity contribution < 1.29 is 18.4 Å². The summed E-state index contributed by atoms with van der Waals surface area (Å²) >= 11 is 0. The molecule has 1 fully saturated rings. The summed E-state index contributed by atoms with van der Waals surface area (Å²) in [5, 5.41) is 3.94. The van der Waals surface area contributed by atoms with Gasteiger partial charge in [-0.15, -0.1) is 0 Å². The van der Waals surface area contributed by atoms with Gasteiger partial charge in [0.15, 0.2) is 11.6 Å². The molecule has 2 N–H and O–H groups in total. The second kappa shape index (κ2) is 5.09. The summed E-state index contributed by atoms with van der Waals surface area (Å²) in [6.07, 6.45) is 0. The fourth-order valence-corrected chi connectivity index (χ4v) is 2.28. The van der Waals surface area contributed by atoms with Crippen LogP contribution in [0.15, 0.2) is 22.7 Å². The number of nitrogens with zero attached hydrogens (tertiary/aromatic N) is 2. The molecule has 1 saturated heterocycles. The Labute approximate surface area is 121 Å². The minimum Gasteiger partial charge on any atom is -0.494 e. The lowest BCUT2D eigenvalue weighted by Crippen LogP contribution is -2.42. The van der Waals surface area contributed by atoms with E-state index in [0.29, 0.717) is 30.5 Å². The largest absolute Gasteiger partial charge is 0.494 e. The molecule has 2 aromatic rings. The van der Waals surface area contributed by atoms with Gasteiger partial charge in [0, 0.05) is 11.6 Å². The first kappa shape index (κ1) is 14.0. The van der Waals surface area contributed by atoms with Gasteiger partial charge in [-0.3, -0.25) is 0 Å². The van der Waals surface area contributed by atoms with Crippen LogP contribution in [0.2, 0.25) is 0 Å². The van der Waals surface area contributed by atoms with E-state index < -0.39 is 11.2 Å². The third-order valence-corrected chi connectivity index (χ3v) is 3.84. The predicted molar refractivity (Wildman–Crippen MR) is 72.4 cm³/mol. The van der Waals surface area contributed by atoms with Crippen LogP contribution in [0.3, 0.4) is 0 Å². The highest BCUT2D eigenvalue weighted by molar-refractivity contribution is 5.57. The van der Waals surface area contributed by atoms with Gasteiger partial charge in [0.25, 0.3) is 0 Å². The van der Waals surface area contributed by atoms with E-state index in [0.717, 1.165) is 0 Å². The number of hydrogen-bond acceptors (Lipinski definition) is 6. The van der Waals surface area contributed by atoms with Gasteiger partial charge < -0.3 is 19.7 Å². The van der Waals surface area contributed by atoms with Gasteiger partial charge in [0.2, 0.25) is 11.7 Å². The molecule has 2 unspecified atom stereocenters. The van der Waals surface area contributed by atoms with Crippen molar-refractivity contribution >= 4 is 0 Å². The second-order valence-electron chi connectivity index (χ2n) is 5.31. The molecule has 2 heterocycles. The Morgan fingerprint density at radius 2 is 2.29 bits per heavy atom. The third kappa shape index (κ3) is 2.28. The highest BCUT2D eigenvalue weighted by atomic mass is 19.1. The number of halogens is 1. The number of methoxy groups -OCH3 is 1. The van der Waals surface area contributed by atoms with Gasteiger partial charge in [0.1, 0.15) is 0 Å². The summed E-state index contributed by atoms with van der Waals surface area (Å²) in [6, 6.07) is 4.20. The molecule has 0 radical (unpaired) electrons. The van der Waals surface area contributed by atoms with E-state index in [1.165, 1.54) is 19.2 Å². The van der Waals surface area contributed by atoms with E-state index in [-0.39, 0.29) is 11.8 Å². The van der Waals surface area contributed by atoms with Crippen LogP contribution < -0.4 is 10.5 Å². The third-order valence-electron chi connectivity index (χ3n) is 3.84. The van der Waals surface area contributed by atoms with Crippen LogP contribution in [0.1, 0.15) is 12.8 Å². The lowest BCUT2D eigenvalue weighted by Gasteiger charge is -2.21. The lowest BCUT2D eigenvalue weighted by atomic mass is 9.86. The summed E-state index contributed by atoms with van der Waals surface area (Å²) in [5.41, 5.74) is 6.14. The van der Waals surface area contributed by atoms with Crippen LogP contribution in [0, 0.1) is 5.82 Å². The fraction of sp³-hybridized carbons (Fsp3) is 0.429. The first-order valence-corrected chi connectivity index (χ1v) is 6.56. The zero-order valence-electron chi connectivity index (χ0n) is 11.8. The lowest BCUT2D eigenvalue weighted by molar-refractivity contribution is 0.169. The van der Waals surface area contributed by atoms with Crippen molar-refractivity contribution in [1.82, 2.24) is 10.1 Å². The maximum atomic E-state index is 13.4. The number of benzene rings is 1. The van der Waals surface area contributed by atoms with Crippen molar-refractivity contribution in [3.63, 3.8) is 0 Å². The van der Waals surface area contributed by atoms with Crippen molar-refractivity contribution in [2.45, 2.75) is 18.4 Å². The zero-order valence-corrected chi connectivity index (χ0v) is 11.8. The summed E-state index contributed by atoms with van der Waals surface area (Å²) in [7, 11) is 1.40. The molecule has 1 aromatic heterocycles. The molecule has 0 saturated carbocycles. The van der Waals surface area contributed by atoms with Gasteiger partial charge in [-0.2, -0.15) is 4.98 Å². The molecular formula is C14H16FN3O3. The Kier molecular flexibility index (Phi) is 3.38. The smallest absolute Gasteiger partial charge is 0.236 e. The van der Waals surface area contributed by atoms with Crippen molar-refractivity contribution in [1.29, 1.82) is 0 Å². The van der Waals surface area contributed by atoms with E-state index in [9.17, 15) is 4.39 Å². The average molecular weight is 293 g/mol. The predicted octanol–water partition coefficient (Wildman–Crippen LogP) is 1.50. The Bertz CT molecular complexity index is 661. The molecule has 0 spiro atoms. The van der Waals surface area contributed by atoms with Crippen molar-refractivity contribution in [2.75, 3.05) is 20.3 Å². The van der Waals surface area contributed by atoms with Crippen molar-refractivity contribution in [3.05, 3.63) is 29.9 Å². The Hall–Kier alpha value is -1.99. The SMILES string of the molecule is COc1cc(-c2noc(C3(C)COCC3N)n2)ccc1F. The number of ether oxygens (including phenoxy) is 2. The van der Waals surface area contributed by atoms with E-state index in [2.05, 4.69) is 10.1 Å². The van der Waals surface area contributed by atoms with Gasteiger partial charge in [-0.25, -0.2) is 4.39 Å². The first-order valence-electron chi connectivity index (χ1n) is 6.56. The van der Waals surface area contributed by atoms with Crippen molar-refractivity contribution in [3.8, 4) is 17.1 Å². The van der Waals surface area contributed by atoms with Gasteiger partial charge in [0.05, 0.1) is 25.7 Å². The Morgan fingerprint density at radius 3 is 2.95 bits per heavy atom. The molecule has 0 bridgehead atoms. The number of nitrogens with two attached hydrogens (primary N) is 1. The molecule has 1 aliphatic rings. The molecule has 1 aliphatic heterocycles. The van der Waals surface area contributed by atoms with Crippen molar-refractivity contribution in [2.24, 2.45) is 5.73 Å². The van der Waals surface area contributed by atoms with Gasteiger partial charge in [-0.1, -0.05) is 5.16 Å².